The van der Waals surface area contributed by atoms with Crippen LogP contribution in [0.5, 0.6) is 0 Å². The van der Waals surface area contributed by atoms with Crippen molar-refractivity contribution in [3.05, 3.63) is 58.1 Å². The molecule has 2 aromatic rings. The molecule has 0 bridgehead atoms. The van der Waals surface area contributed by atoms with Crippen molar-refractivity contribution in [2.45, 2.75) is 32.7 Å². The molecule has 0 fully saturated rings. The van der Waals surface area contributed by atoms with Gasteiger partial charge in [-0.1, -0.05) is 29.8 Å². The number of aryl methyl sites for hydroxylation is 2. The van der Waals surface area contributed by atoms with Gasteiger partial charge in [0.1, 0.15) is 0 Å². The van der Waals surface area contributed by atoms with Crippen LogP contribution in [0, 0.1) is 6.92 Å². The lowest BCUT2D eigenvalue weighted by Crippen LogP contribution is -2.24. The summed E-state index contributed by atoms with van der Waals surface area (Å²) in [5.74, 6) is 0.0667. The van der Waals surface area contributed by atoms with Crippen molar-refractivity contribution in [2.24, 2.45) is 0 Å². The number of fused-ring (bicyclic) bond motifs is 2. The van der Waals surface area contributed by atoms with Gasteiger partial charge in [0.25, 0.3) is 5.91 Å². The summed E-state index contributed by atoms with van der Waals surface area (Å²) in [6, 6.07) is 10.9. The second-order valence-electron chi connectivity index (χ2n) is 6.61. The Kier molecular flexibility index (Phi) is 3.66. The highest BCUT2D eigenvalue weighted by atomic mass is 16.1. The molecule has 3 heteroatoms. The Balaban J connectivity index is 1.84. The lowest BCUT2D eigenvalue weighted by molar-refractivity contribution is 0.0956. The van der Waals surface area contributed by atoms with Gasteiger partial charge < -0.3 is 10.6 Å². The van der Waals surface area contributed by atoms with Crippen LogP contribution in [0.15, 0.2) is 30.3 Å². The van der Waals surface area contributed by atoms with Gasteiger partial charge in [-0.2, -0.15) is 0 Å². The Labute approximate surface area is 137 Å². The van der Waals surface area contributed by atoms with Gasteiger partial charge in [-0.25, -0.2) is 0 Å². The van der Waals surface area contributed by atoms with Crippen molar-refractivity contribution in [1.82, 2.24) is 10.6 Å². The number of hydrogen-bond acceptors (Lipinski definition) is 2. The van der Waals surface area contributed by atoms with E-state index in [1.54, 1.807) is 0 Å². The number of carbonyl (C=O) groups is 1. The predicted molar refractivity (Wildman–Crippen MR) is 92.7 cm³/mol. The van der Waals surface area contributed by atoms with Gasteiger partial charge >= 0.3 is 0 Å². The smallest absolute Gasteiger partial charge is 0.251 e. The van der Waals surface area contributed by atoms with Crippen LogP contribution in [-0.2, 0) is 19.4 Å². The van der Waals surface area contributed by atoms with Crippen LogP contribution in [-0.4, -0.2) is 19.0 Å². The summed E-state index contributed by atoms with van der Waals surface area (Å²) in [5.41, 5.74) is 8.77. The van der Waals surface area contributed by atoms with Crippen LogP contribution >= 0.6 is 0 Å². The van der Waals surface area contributed by atoms with E-state index in [-0.39, 0.29) is 5.91 Å². The average molecular weight is 306 g/mol. The average Bonchev–Trinajstić information content (AvgIpc) is 2.75. The lowest BCUT2D eigenvalue weighted by Gasteiger charge is -2.22. The van der Waals surface area contributed by atoms with E-state index in [1.807, 2.05) is 6.07 Å². The number of amides is 1. The monoisotopic (exact) mass is 306 g/mol. The first kappa shape index (κ1) is 14.5. The van der Waals surface area contributed by atoms with Crippen LogP contribution in [0.3, 0.4) is 0 Å². The molecule has 0 unspecified atom stereocenters. The minimum absolute atomic E-state index is 0.0667. The summed E-state index contributed by atoms with van der Waals surface area (Å²) in [7, 11) is 0. The Bertz CT molecular complexity index is 779. The Hall–Kier alpha value is -2.13. The fourth-order valence-corrected chi connectivity index (χ4v) is 3.78. The molecule has 2 aliphatic heterocycles. The molecule has 2 aliphatic rings. The molecular formula is C20H22N2O. The van der Waals surface area contributed by atoms with E-state index in [2.05, 4.69) is 41.8 Å². The van der Waals surface area contributed by atoms with Crippen molar-refractivity contribution < 1.29 is 4.79 Å². The van der Waals surface area contributed by atoms with Crippen molar-refractivity contribution in [2.75, 3.05) is 13.1 Å². The summed E-state index contributed by atoms with van der Waals surface area (Å²) in [6.07, 6.45) is 3.07. The first-order chi connectivity index (χ1) is 11.2. The van der Waals surface area contributed by atoms with E-state index in [9.17, 15) is 4.79 Å². The normalized spacial score (nSPS) is 17.0. The van der Waals surface area contributed by atoms with Gasteiger partial charge in [0.05, 0.1) is 0 Å². The van der Waals surface area contributed by atoms with Crippen molar-refractivity contribution in [1.29, 1.82) is 0 Å². The van der Waals surface area contributed by atoms with Crippen molar-refractivity contribution >= 4 is 5.91 Å². The zero-order valence-corrected chi connectivity index (χ0v) is 13.5. The third-order valence-electron chi connectivity index (χ3n) is 4.93. The summed E-state index contributed by atoms with van der Waals surface area (Å²) in [6.45, 7) is 4.93. The van der Waals surface area contributed by atoms with Crippen molar-refractivity contribution in [3.63, 3.8) is 0 Å². The quantitative estimate of drug-likeness (QED) is 0.850. The van der Waals surface area contributed by atoms with E-state index >= 15 is 0 Å². The zero-order valence-electron chi connectivity index (χ0n) is 13.5. The molecule has 0 aromatic heterocycles. The number of carbonyl (C=O) groups excluding carboxylic acids is 1. The molecule has 1 amide bonds. The maximum Gasteiger partial charge on any atom is 0.251 e. The summed E-state index contributed by atoms with van der Waals surface area (Å²) >= 11 is 0. The fraction of sp³-hybridized carbons (Fsp3) is 0.350. The third-order valence-corrected chi connectivity index (χ3v) is 4.93. The summed E-state index contributed by atoms with van der Waals surface area (Å²) < 4.78 is 0. The first-order valence-electron chi connectivity index (χ1n) is 8.47. The Morgan fingerprint density at radius 2 is 1.87 bits per heavy atom. The predicted octanol–water partition coefficient (Wildman–Crippen LogP) is 2.98. The molecule has 2 N–H and O–H groups in total. The summed E-state index contributed by atoms with van der Waals surface area (Å²) in [4.78, 5) is 12.1. The highest BCUT2D eigenvalue weighted by Gasteiger charge is 2.18. The van der Waals surface area contributed by atoms with Gasteiger partial charge in [0.15, 0.2) is 0 Å². The number of benzene rings is 2. The van der Waals surface area contributed by atoms with Gasteiger partial charge in [-0.15, -0.1) is 0 Å². The maximum absolute atomic E-state index is 12.1. The van der Waals surface area contributed by atoms with Gasteiger partial charge in [-0.05, 0) is 66.6 Å². The van der Waals surface area contributed by atoms with E-state index in [1.165, 1.54) is 33.4 Å². The highest BCUT2D eigenvalue weighted by Crippen LogP contribution is 2.31. The lowest BCUT2D eigenvalue weighted by atomic mass is 9.88. The largest absolute Gasteiger partial charge is 0.352 e. The molecule has 4 rings (SSSR count). The van der Waals surface area contributed by atoms with Gasteiger partial charge in [-0.3, -0.25) is 4.79 Å². The SMILES string of the molecule is Cc1cc2c(c(-c3ccc4c(c3)CCCNC4=O)c1)CNCC2. The van der Waals surface area contributed by atoms with Crippen LogP contribution in [0.25, 0.3) is 11.1 Å². The molecule has 3 nitrogen and oxygen atoms in total. The number of hydrogen-bond donors (Lipinski definition) is 2. The Morgan fingerprint density at radius 3 is 2.78 bits per heavy atom. The van der Waals surface area contributed by atoms with Gasteiger partial charge in [0, 0.05) is 18.7 Å². The molecule has 2 aromatic carbocycles. The topological polar surface area (TPSA) is 41.1 Å². The zero-order chi connectivity index (χ0) is 15.8. The third kappa shape index (κ3) is 2.66. The molecule has 0 saturated carbocycles. The molecule has 0 atom stereocenters. The standard InChI is InChI=1S/C20H22N2O/c1-13-9-16-6-8-21-12-19(16)18(10-13)15-4-5-17-14(11-15)3-2-7-22-20(17)23/h4-5,9-11,21H,2-3,6-8,12H2,1H3,(H,22,23). The highest BCUT2D eigenvalue weighted by molar-refractivity contribution is 5.96. The minimum atomic E-state index is 0.0667. The van der Waals surface area contributed by atoms with Crippen LogP contribution in [0.1, 0.15) is 39.0 Å². The van der Waals surface area contributed by atoms with Crippen LogP contribution < -0.4 is 10.6 Å². The molecule has 0 radical (unpaired) electrons. The molecular weight excluding hydrogens is 284 g/mol. The molecule has 0 saturated heterocycles. The van der Waals surface area contributed by atoms with Crippen LogP contribution in [0.2, 0.25) is 0 Å². The van der Waals surface area contributed by atoms with E-state index < -0.39 is 0 Å². The van der Waals surface area contributed by atoms with E-state index in [0.29, 0.717) is 0 Å². The molecule has 0 aliphatic carbocycles. The Morgan fingerprint density at radius 1 is 0.957 bits per heavy atom. The van der Waals surface area contributed by atoms with E-state index in [0.717, 1.165) is 44.5 Å². The van der Waals surface area contributed by atoms with E-state index in [4.69, 9.17) is 0 Å². The number of nitrogens with one attached hydrogen (secondary N) is 2. The minimum Gasteiger partial charge on any atom is -0.352 e. The van der Waals surface area contributed by atoms with Gasteiger partial charge in [0.2, 0.25) is 0 Å². The first-order valence-corrected chi connectivity index (χ1v) is 8.47. The molecule has 118 valence electrons. The molecule has 2 heterocycles. The summed E-state index contributed by atoms with van der Waals surface area (Å²) in [5, 5.41) is 6.46. The maximum atomic E-state index is 12.1. The van der Waals surface area contributed by atoms with Crippen molar-refractivity contribution in [3.8, 4) is 11.1 Å². The fourth-order valence-electron chi connectivity index (χ4n) is 3.78. The number of rotatable bonds is 1. The van der Waals surface area contributed by atoms with Crippen LogP contribution in [0.4, 0.5) is 0 Å². The second kappa shape index (κ2) is 5.82. The second-order valence-corrected chi connectivity index (χ2v) is 6.61. The molecule has 0 spiro atoms. The molecule has 23 heavy (non-hydrogen) atoms.